The van der Waals surface area contributed by atoms with Crippen LogP contribution in [0.4, 0.5) is 0 Å². The van der Waals surface area contributed by atoms with Crippen molar-refractivity contribution in [2.45, 2.75) is 38.3 Å². The maximum absolute atomic E-state index is 9.56. The molecule has 0 aromatic rings. The molecule has 3 heteroatoms. The Morgan fingerprint density at radius 2 is 2.31 bits per heavy atom. The first-order chi connectivity index (χ1) is 6.24. The smallest absolute Gasteiger partial charge is 0.0693 e. The van der Waals surface area contributed by atoms with E-state index in [1.807, 2.05) is 11.8 Å². The van der Waals surface area contributed by atoms with Crippen LogP contribution in [0.3, 0.4) is 0 Å². The van der Waals surface area contributed by atoms with Crippen LogP contribution in [0.2, 0.25) is 0 Å². The van der Waals surface area contributed by atoms with Gasteiger partial charge in [0.15, 0.2) is 0 Å². The maximum Gasteiger partial charge on any atom is 0.0693 e. The second-order valence-electron chi connectivity index (χ2n) is 4.07. The molecule has 0 aromatic carbocycles. The Morgan fingerprint density at radius 1 is 1.54 bits per heavy atom. The lowest BCUT2D eigenvalue weighted by molar-refractivity contribution is 0.148. The molecule has 0 amide bonds. The van der Waals surface area contributed by atoms with E-state index in [9.17, 15) is 5.11 Å². The van der Waals surface area contributed by atoms with Crippen LogP contribution in [0.15, 0.2) is 0 Å². The van der Waals surface area contributed by atoms with Gasteiger partial charge in [0.1, 0.15) is 0 Å². The van der Waals surface area contributed by atoms with E-state index in [0.717, 1.165) is 19.4 Å². The SMILES string of the molecule is CSCC(C)CN[C@@H]1CCC[C@H]1O. The normalized spacial score (nSPS) is 30.7. The molecule has 2 nitrogen and oxygen atoms in total. The third-order valence-corrected chi connectivity index (χ3v) is 3.56. The Morgan fingerprint density at radius 3 is 2.85 bits per heavy atom. The van der Waals surface area contributed by atoms with Gasteiger partial charge in [-0.1, -0.05) is 6.92 Å². The van der Waals surface area contributed by atoms with Crippen LogP contribution < -0.4 is 5.32 Å². The minimum absolute atomic E-state index is 0.0959. The van der Waals surface area contributed by atoms with Crippen LogP contribution in [-0.2, 0) is 0 Å². The van der Waals surface area contributed by atoms with Crippen molar-refractivity contribution in [1.82, 2.24) is 5.32 Å². The average Bonchev–Trinajstić information content (AvgIpc) is 2.48. The topological polar surface area (TPSA) is 32.3 Å². The van der Waals surface area contributed by atoms with Crippen molar-refractivity contribution < 1.29 is 5.11 Å². The van der Waals surface area contributed by atoms with Gasteiger partial charge in [0.2, 0.25) is 0 Å². The number of hydrogen-bond donors (Lipinski definition) is 2. The standard InChI is InChI=1S/C10H21NOS/c1-8(7-13-2)6-11-9-4-3-5-10(9)12/h8-12H,3-7H2,1-2H3/t8?,9-,10-/m1/s1. The summed E-state index contributed by atoms with van der Waals surface area (Å²) in [5.74, 6) is 1.92. The van der Waals surface area contributed by atoms with Crippen LogP contribution in [0, 0.1) is 5.92 Å². The van der Waals surface area contributed by atoms with Crippen LogP contribution in [-0.4, -0.2) is 35.8 Å². The van der Waals surface area contributed by atoms with E-state index in [-0.39, 0.29) is 6.10 Å². The Labute approximate surface area is 85.5 Å². The third-order valence-electron chi connectivity index (χ3n) is 2.66. The van der Waals surface area contributed by atoms with Gasteiger partial charge in [0.25, 0.3) is 0 Å². The number of nitrogens with one attached hydrogen (secondary N) is 1. The fourth-order valence-corrected chi connectivity index (χ4v) is 2.56. The molecule has 78 valence electrons. The van der Waals surface area contributed by atoms with Gasteiger partial charge in [-0.15, -0.1) is 0 Å². The molecule has 2 N–H and O–H groups in total. The molecule has 0 aliphatic heterocycles. The molecule has 0 radical (unpaired) electrons. The lowest BCUT2D eigenvalue weighted by Gasteiger charge is -2.19. The van der Waals surface area contributed by atoms with Gasteiger partial charge in [0, 0.05) is 6.04 Å². The van der Waals surface area contributed by atoms with Crippen LogP contribution in [0.25, 0.3) is 0 Å². The second-order valence-corrected chi connectivity index (χ2v) is 4.98. The van der Waals surface area contributed by atoms with Gasteiger partial charge < -0.3 is 10.4 Å². The summed E-state index contributed by atoms with van der Waals surface area (Å²) in [7, 11) is 0. The Balaban J connectivity index is 2.10. The minimum atomic E-state index is -0.0959. The molecule has 0 aromatic heterocycles. The number of aliphatic hydroxyl groups excluding tert-OH is 1. The number of hydrogen-bond acceptors (Lipinski definition) is 3. The molecule has 0 heterocycles. The molecule has 1 fully saturated rings. The zero-order valence-corrected chi connectivity index (χ0v) is 9.44. The van der Waals surface area contributed by atoms with Crippen LogP contribution in [0.1, 0.15) is 26.2 Å². The van der Waals surface area contributed by atoms with Crippen molar-refractivity contribution in [1.29, 1.82) is 0 Å². The van der Waals surface area contributed by atoms with Crippen molar-refractivity contribution >= 4 is 11.8 Å². The fourth-order valence-electron chi connectivity index (χ4n) is 1.87. The highest BCUT2D eigenvalue weighted by Crippen LogP contribution is 2.18. The molecule has 1 unspecified atom stereocenters. The van der Waals surface area contributed by atoms with E-state index < -0.39 is 0 Å². The van der Waals surface area contributed by atoms with Gasteiger partial charge in [0.05, 0.1) is 6.10 Å². The van der Waals surface area contributed by atoms with Gasteiger partial charge in [-0.25, -0.2) is 0 Å². The van der Waals surface area contributed by atoms with Gasteiger partial charge in [-0.3, -0.25) is 0 Å². The lowest BCUT2D eigenvalue weighted by Crippen LogP contribution is -2.38. The highest BCUT2D eigenvalue weighted by molar-refractivity contribution is 7.98. The summed E-state index contributed by atoms with van der Waals surface area (Å²) < 4.78 is 0. The number of rotatable bonds is 5. The minimum Gasteiger partial charge on any atom is -0.392 e. The predicted octanol–water partition coefficient (Wildman–Crippen LogP) is 1.49. The van der Waals surface area contributed by atoms with Crippen molar-refractivity contribution in [3.63, 3.8) is 0 Å². The summed E-state index contributed by atoms with van der Waals surface area (Å²) in [6.45, 7) is 3.30. The first-order valence-corrected chi connectivity index (χ1v) is 6.53. The Kier molecular flexibility index (Phi) is 5.14. The van der Waals surface area contributed by atoms with E-state index in [4.69, 9.17) is 0 Å². The number of thioether (sulfide) groups is 1. The van der Waals surface area contributed by atoms with E-state index in [1.165, 1.54) is 12.2 Å². The largest absolute Gasteiger partial charge is 0.392 e. The van der Waals surface area contributed by atoms with Gasteiger partial charge in [-0.2, -0.15) is 11.8 Å². The molecule has 1 rings (SSSR count). The highest BCUT2D eigenvalue weighted by Gasteiger charge is 2.24. The monoisotopic (exact) mass is 203 g/mol. The Hall–Kier alpha value is 0.270. The number of aliphatic hydroxyl groups is 1. The maximum atomic E-state index is 9.56. The molecule has 3 atom stereocenters. The van der Waals surface area contributed by atoms with E-state index in [1.54, 1.807) is 0 Å². The molecule has 1 aliphatic rings. The van der Waals surface area contributed by atoms with Crippen molar-refractivity contribution in [3.05, 3.63) is 0 Å². The third kappa shape index (κ3) is 3.88. The molecular formula is C10H21NOS. The highest BCUT2D eigenvalue weighted by atomic mass is 32.2. The average molecular weight is 203 g/mol. The summed E-state index contributed by atoms with van der Waals surface area (Å²) in [4.78, 5) is 0. The molecule has 1 saturated carbocycles. The fraction of sp³-hybridized carbons (Fsp3) is 1.00. The molecule has 0 spiro atoms. The molecule has 1 aliphatic carbocycles. The summed E-state index contributed by atoms with van der Waals surface area (Å²) in [5, 5.41) is 13.0. The molecular weight excluding hydrogens is 182 g/mol. The molecule has 0 bridgehead atoms. The summed E-state index contributed by atoms with van der Waals surface area (Å²) in [6.07, 6.45) is 5.35. The zero-order valence-electron chi connectivity index (χ0n) is 8.62. The second kappa shape index (κ2) is 5.89. The molecule has 13 heavy (non-hydrogen) atoms. The summed E-state index contributed by atoms with van der Waals surface area (Å²) in [6, 6.07) is 0.365. The van der Waals surface area contributed by atoms with Crippen LogP contribution >= 0.6 is 11.8 Å². The summed E-state index contributed by atoms with van der Waals surface area (Å²) in [5.41, 5.74) is 0. The van der Waals surface area contributed by atoms with Crippen molar-refractivity contribution in [2.75, 3.05) is 18.6 Å². The molecule has 0 saturated heterocycles. The van der Waals surface area contributed by atoms with E-state index in [2.05, 4.69) is 18.5 Å². The van der Waals surface area contributed by atoms with E-state index >= 15 is 0 Å². The van der Waals surface area contributed by atoms with E-state index in [0.29, 0.717) is 12.0 Å². The van der Waals surface area contributed by atoms with Crippen molar-refractivity contribution in [2.24, 2.45) is 5.92 Å². The predicted molar refractivity (Wildman–Crippen MR) is 59.2 cm³/mol. The van der Waals surface area contributed by atoms with Gasteiger partial charge >= 0.3 is 0 Å². The first-order valence-electron chi connectivity index (χ1n) is 5.14. The Bertz CT molecular complexity index is 143. The summed E-state index contributed by atoms with van der Waals surface area (Å²) >= 11 is 1.89. The zero-order chi connectivity index (χ0) is 9.68. The quantitative estimate of drug-likeness (QED) is 0.710. The van der Waals surface area contributed by atoms with Gasteiger partial charge in [-0.05, 0) is 43.7 Å². The first kappa shape index (κ1) is 11.3. The van der Waals surface area contributed by atoms with Crippen LogP contribution in [0.5, 0.6) is 0 Å². The van der Waals surface area contributed by atoms with Crippen molar-refractivity contribution in [3.8, 4) is 0 Å². The lowest BCUT2D eigenvalue weighted by atomic mass is 10.1.